The molecule has 1 atom stereocenters. The van der Waals surface area contributed by atoms with Crippen LogP contribution in [0, 0.1) is 6.92 Å². The van der Waals surface area contributed by atoms with Crippen LogP contribution in [0.1, 0.15) is 40.1 Å². The predicted octanol–water partition coefficient (Wildman–Crippen LogP) is 3.70. The van der Waals surface area contributed by atoms with E-state index in [0.717, 1.165) is 16.8 Å². The zero-order valence-electron chi connectivity index (χ0n) is 18.8. The average molecular weight is 434 g/mol. The molecule has 0 radical (unpaired) electrons. The van der Waals surface area contributed by atoms with Crippen LogP contribution in [-0.2, 0) is 11.4 Å². The molecule has 1 aliphatic heterocycles. The zero-order valence-corrected chi connectivity index (χ0v) is 18.8. The minimum Gasteiger partial charge on any atom is -0.399 e. The molecular weight excluding hydrogens is 406 g/mol. The highest BCUT2D eigenvalue weighted by Gasteiger charge is 2.38. The van der Waals surface area contributed by atoms with Gasteiger partial charge in [0.15, 0.2) is 5.82 Å². The van der Waals surface area contributed by atoms with Crippen LogP contribution in [-0.4, -0.2) is 59.3 Å². The van der Waals surface area contributed by atoms with Crippen molar-refractivity contribution in [2.24, 2.45) is 5.16 Å². The number of rotatable bonds is 6. The maximum atomic E-state index is 13.4. The van der Waals surface area contributed by atoms with Crippen LogP contribution in [0.5, 0.6) is 0 Å². The number of nitrogens with zero attached hydrogens (tertiary/aromatic N) is 5. The molecule has 8 nitrogen and oxygen atoms in total. The van der Waals surface area contributed by atoms with Gasteiger partial charge in [0.25, 0.3) is 5.91 Å². The molecule has 0 aliphatic carbocycles. The lowest BCUT2D eigenvalue weighted by molar-refractivity contribution is 0.0732. The Kier molecular flexibility index (Phi) is 6.32. The van der Waals surface area contributed by atoms with Crippen molar-refractivity contribution in [3.05, 3.63) is 71.4 Å². The van der Waals surface area contributed by atoms with E-state index in [0.29, 0.717) is 36.8 Å². The molecule has 1 aromatic heterocycles. The van der Waals surface area contributed by atoms with Gasteiger partial charge in [0.05, 0.1) is 18.8 Å². The third kappa shape index (κ3) is 4.55. The number of amides is 1. The van der Waals surface area contributed by atoms with Gasteiger partial charge in [-0.25, -0.2) is 0 Å². The smallest absolute Gasteiger partial charge is 0.254 e. The van der Waals surface area contributed by atoms with Crippen molar-refractivity contribution in [1.29, 1.82) is 0 Å². The van der Waals surface area contributed by atoms with Crippen molar-refractivity contribution >= 4 is 11.6 Å². The van der Waals surface area contributed by atoms with E-state index < -0.39 is 0 Å². The Bertz CT molecular complexity index is 1120. The lowest BCUT2D eigenvalue weighted by Crippen LogP contribution is -2.31. The SMILES string of the molecule is CO/N=C1/C[C@@H](c2noc(CN(C)C)n2)N(C(=O)c2ccc(-c3ccccc3C)cc2)C1. The fourth-order valence-electron chi connectivity index (χ4n) is 3.94. The average Bonchev–Trinajstić information content (AvgIpc) is 3.40. The Balaban J connectivity index is 1.59. The molecule has 0 spiro atoms. The Morgan fingerprint density at radius 3 is 2.66 bits per heavy atom. The normalized spacial score (nSPS) is 17.3. The molecule has 3 aromatic rings. The van der Waals surface area contributed by atoms with Crippen LogP contribution in [0.4, 0.5) is 0 Å². The van der Waals surface area contributed by atoms with Crippen molar-refractivity contribution in [2.75, 3.05) is 27.7 Å². The highest BCUT2D eigenvalue weighted by Crippen LogP contribution is 2.31. The van der Waals surface area contributed by atoms with Crippen molar-refractivity contribution < 1.29 is 14.2 Å². The largest absolute Gasteiger partial charge is 0.399 e. The van der Waals surface area contributed by atoms with Crippen LogP contribution >= 0.6 is 0 Å². The molecule has 0 bridgehead atoms. The second-order valence-electron chi connectivity index (χ2n) is 8.17. The summed E-state index contributed by atoms with van der Waals surface area (Å²) >= 11 is 0. The highest BCUT2D eigenvalue weighted by molar-refractivity contribution is 6.00. The van der Waals surface area contributed by atoms with Gasteiger partial charge in [0.2, 0.25) is 5.89 Å². The molecule has 1 amide bonds. The fourth-order valence-corrected chi connectivity index (χ4v) is 3.94. The number of oxime groups is 1. The predicted molar refractivity (Wildman–Crippen MR) is 121 cm³/mol. The van der Waals surface area contributed by atoms with E-state index in [-0.39, 0.29) is 11.9 Å². The maximum absolute atomic E-state index is 13.4. The van der Waals surface area contributed by atoms with Crippen molar-refractivity contribution in [3.63, 3.8) is 0 Å². The van der Waals surface area contributed by atoms with Gasteiger partial charge in [-0.2, -0.15) is 4.98 Å². The van der Waals surface area contributed by atoms with E-state index >= 15 is 0 Å². The van der Waals surface area contributed by atoms with E-state index in [9.17, 15) is 4.79 Å². The van der Waals surface area contributed by atoms with Gasteiger partial charge in [-0.3, -0.25) is 4.79 Å². The van der Waals surface area contributed by atoms with Gasteiger partial charge in [0.1, 0.15) is 13.2 Å². The first-order valence-electron chi connectivity index (χ1n) is 10.5. The first-order valence-corrected chi connectivity index (χ1v) is 10.5. The number of hydrogen-bond donors (Lipinski definition) is 0. The second-order valence-corrected chi connectivity index (χ2v) is 8.17. The number of likely N-dealkylation sites (tertiary alicyclic amines) is 1. The summed E-state index contributed by atoms with van der Waals surface area (Å²) in [5.41, 5.74) is 4.78. The van der Waals surface area contributed by atoms with Gasteiger partial charge in [-0.05, 0) is 49.8 Å². The van der Waals surface area contributed by atoms with Crippen LogP contribution in [0.2, 0.25) is 0 Å². The minimum absolute atomic E-state index is 0.105. The van der Waals surface area contributed by atoms with Crippen LogP contribution in [0.3, 0.4) is 0 Å². The van der Waals surface area contributed by atoms with E-state index in [1.54, 1.807) is 4.90 Å². The summed E-state index contributed by atoms with van der Waals surface area (Å²) < 4.78 is 5.38. The Labute approximate surface area is 187 Å². The minimum atomic E-state index is -0.355. The monoisotopic (exact) mass is 433 g/mol. The van der Waals surface area contributed by atoms with E-state index in [2.05, 4.69) is 34.4 Å². The van der Waals surface area contributed by atoms with Gasteiger partial charge in [-0.1, -0.05) is 46.7 Å². The second kappa shape index (κ2) is 9.32. The molecule has 4 rings (SSSR count). The van der Waals surface area contributed by atoms with Gasteiger partial charge >= 0.3 is 0 Å². The first kappa shape index (κ1) is 21.7. The van der Waals surface area contributed by atoms with Crippen LogP contribution in [0.15, 0.2) is 58.2 Å². The number of benzene rings is 2. The molecule has 1 saturated heterocycles. The molecule has 32 heavy (non-hydrogen) atoms. The van der Waals surface area contributed by atoms with Gasteiger partial charge < -0.3 is 19.2 Å². The number of carbonyl (C=O) groups excluding carboxylic acids is 1. The quantitative estimate of drug-likeness (QED) is 0.551. The topological polar surface area (TPSA) is 84.1 Å². The van der Waals surface area contributed by atoms with Gasteiger partial charge in [-0.15, -0.1) is 0 Å². The summed E-state index contributed by atoms with van der Waals surface area (Å²) in [5.74, 6) is 0.886. The lowest BCUT2D eigenvalue weighted by Gasteiger charge is -2.21. The zero-order chi connectivity index (χ0) is 22.7. The number of aromatic nitrogens is 2. The van der Waals surface area contributed by atoms with Crippen molar-refractivity contribution in [2.45, 2.75) is 25.9 Å². The molecule has 1 aliphatic rings. The standard InChI is InChI=1S/C24H27N5O3/c1-16-7-5-6-8-20(16)17-9-11-18(12-10-17)24(30)29-14-19(26-31-4)13-21(29)23-25-22(32-27-23)15-28(2)3/h5-12,21H,13-15H2,1-4H3/b26-19-/t21-/m0/s1. The highest BCUT2D eigenvalue weighted by atomic mass is 16.6. The van der Waals surface area contributed by atoms with E-state index in [1.165, 1.54) is 12.7 Å². The molecular formula is C24H27N5O3. The summed E-state index contributed by atoms with van der Waals surface area (Å²) in [4.78, 5) is 26.6. The summed E-state index contributed by atoms with van der Waals surface area (Å²) in [6.07, 6.45) is 0.502. The first-order chi connectivity index (χ1) is 15.5. The third-order valence-corrected chi connectivity index (χ3v) is 5.46. The molecule has 1 fully saturated rings. The molecule has 2 heterocycles. The Morgan fingerprint density at radius 2 is 1.97 bits per heavy atom. The summed E-state index contributed by atoms with van der Waals surface area (Å²) in [6.45, 7) is 2.97. The number of carbonyl (C=O) groups is 1. The number of aryl methyl sites for hydroxylation is 1. The molecule has 2 aromatic carbocycles. The lowest BCUT2D eigenvalue weighted by atomic mass is 9.99. The molecule has 8 heteroatoms. The molecule has 0 saturated carbocycles. The maximum Gasteiger partial charge on any atom is 0.254 e. The Morgan fingerprint density at radius 1 is 1.22 bits per heavy atom. The third-order valence-electron chi connectivity index (χ3n) is 5.46. The Hall–Kier alpha value is -3.52. The van der Waals surface area contributed by atoms with Gasteiger partial charge in [0, 0.05) is 12.0 Å². The summed E-state index contributed by atoms with van der Waals surface area (Å²) in [6, 6.07) is 15.5. The van der Waals surface area contributed by atoms with Crippen LogP contribution in [0.25, 0.3) is 11.1 Å². The molecule has 0 N–H and O–H groups in total. The summed E-state index contributed by atoms with van der Waals surface area (Å²) in [7, 11) is 5.36. The van der Waals surface area contributed by atoms with E-state index in [1.807, 2.05) is 55.4 Å². The van der Waals surface area contributed by atoms with Crippen molar-refractivity contribution in [1.82, 2.24) is 19.9 Å². The fraction of sp³-hybridized carbons (Fsp3) is 0.333. The summed E-state index contributed by atoms with van der Waals surface area (Å²) in [5, 5.41) is 8.21. The van der Waals surface area contributed by atoms with E-state index in [4.69, 9.17) is 9.36 Å². The van der Waals surface area contributed by atoms with Crippen LogP contribution < -0.4 is 0 Å². The molecule has 0 unspecified atom stereocenters. The number of hydrogen-bond acceptors (Lipinski definition) is 7. The van der Waals surface area contributed by atoms with Crippen molar-refractivity contribution in [3.8, 4) is 11.1 Å². The molecule has 166 valence electrons.